The second kappa shape index (κ2) is 9.16. The van der Waals surface area contributed by atoms with Crippen molar-refractivity contribution in [2.45, 2.75) is 19.8 Å². The fraction of sp³-hybridized carbons (Fsp3) is 0.238. The van der Waals surface area contributed by atoms with Gasteiger partial charge in [0.15, 0.2) is 0 Å². The lowest BCUT2D eigenvalue weighted by Crippen LogP contribution is -2.22. The van der Waals surface area contributed by atoms with Gasteiger partial charge in [0.1, 0.15) is 0 Å². The maximum Gasteiger partial charge on any atom is 0.269 e. The van der Waals surface area contributed by atoms with Crippen LogP contribution < -0.4 is 15.6 Å². The van der Waals surface area contributed by atoms with Crippen LogP contribution in [0.3, 0.4) is 0 Å². The minimum absolute atomic E-state index is 0.0204. The van der Waals surface area contributed by atoms with Crippen molar-refractivity contribution in [1.29, 1.82) is 0 Å². The van der Waals surface area contributed by atoms with Gasteiger partial charge in [-0.15, -0.1) is 0 Å². The zero-order valence-electron chi connectivity index (χ0n) is 17.0. The smallest absolute Gasteiger partial charge is 0.269 e. The summed E-state index contributed by atoms with van der Waals surface area (Å²) in [5, 5.41) is 18.4. The fourth-order valence-corrected chi connectivity index (χ4v) is 3.20. The van der Waals surface area contributed by atoms with E-state index < -0.39 is 4.92 Å². The Bertz CT molecular complexity index is 1080. The lowest BCUT2D eigenvalue weighted by atomic mass is 10.1. The molecular weight excluding hydrogens is 396 g/mol. The van der Waals surface area contributed by atoms with E-state index >= 15 is 0 Å². The van der Waals surface area contributed by atoms with Crippen molar-refractivity contribution in [2.24, 2.45) is 5.10 Å². The van der Waals surface area contributed by atoms with Crippen molar-refractivity contribution in [2.75, 3.05) is 28.7 Å². The summed E-state index contributed by atoms with van der Waals surface area (Å²) in [5.74, 6) is 1.21. The van der Waals surface area contributed by atoms with Gasteiger partial charge in [0, 0.05) is 30.9 Å². The summed E-state index contributed by atoms with van der Waals surface area (Å²) in [6.45, 7) is 3.67. The Morgan fingerprint density at radius 1 is 1.00 bits per heavy atom. The van der Waals surface area contributed by atoms with Gasteiger partial charge in [-0.2, -0.15) is 20.1 Å². The van der Waals surface area contributed by atoms with Crippen molar-refractivity contribution in [3.8, 4) is 0 Å². The Balaban J connectivity index is 1.58. The molecule has 2 N–H and O–H groups in total. The van der Waals surface area contributed by atoms with E-state index in [4.69, 9.17) is 0 Å². The van der Waals surface area contributed by atoms with Crippen LogP contribution in [0.4, 0.5) is 29.2 Å². The number of nitrogens with one attached hydrogen (secondary N) is 2. The average molecular weight is 418 g/mol. The molecule has 31 heavy (non-hydrogen) atoms. The predicted octanol–water partition coefficient (Wildman–Crippen LogP) is 3.96. The number of nitro benzene ring substituents is 1. The largest absolute Gasteiger partial charge is 0.341 e. The second-order valence-electron chi connectivity index (χ2n) is 7.08. The Morgan fingerprint density at radius 2 is 1.68 bits per heavy atom. The van der Waals surface area contributed by atoms with Gasteiger partial charge in [-0.25, -0.2) is 5.43 Å². The van der Waals surface area contributed by atoms with Gasteiger partial charge in [-0.3, -0.25) is 10.1 Å². The van der Waals surface area contributed by atoms with E-state index in [1.54, 1.807) is 12.1 Å². The summed E-state index contributed by atoms with van der Waals surface area (Å²) in [6.07, 6.45) is 2.18. The third-order valence-electron chi connectivity index (χ3n) is 4.86. The maximum absolute atomic E-state index is 10.9. The molecule has 3 aromatic rings. The molecule has 0 spiro atoms. The molecule has 1 fully saturated rings. The van der Waals surface area contributed by atoms with Crippen LogP contribution in [0.2, 0.25) is 0 Å². The second-order valence-corrected chi connectivity index (χ2v) is 7.08. The third-order valence-corrected chi connectivity index (χ3v) is 4.86. The molecule has 1 saturated heterocycles. The van der Waals surface area contributed by atoms with Crippen molar-refractivity contribution < 1.29 is 4.92 Å². The molecule has 10 nitrogen and oxygen atoms in total. The molecule has 2 heterocycles. The van der Waals surface area contributed by atoms with Gasteiger partial charge >= 0.3 is 0 Å². The van der Waals surface area contributed by atoms with Gasteiger partial charge in [0.25, 0.3) is 5.69 Å². The number of hydrogen-bond donors (Lipinski definition) is 2. The van der Waals surface area contributed by atoms with Gasteiger partial charge < -0.3 is 10.2 Å². The molecule has 0 radical (unpaired) electrons. The minimum atomic E-state index is -0.437. The first-order valence-corrected chi connectivity index (χ1v) is 9.97. The van der Waals surface area contributed by atoms with Crippen LogP contribution >= 0.6 is 0 Å². The minimum Gasteiger partial charge on any atom is -0.341 e. The van der Waals surface area contributed by atoms with Crippen LogP contribution in [0.5, 0.6) is 0 Å². The molecule has 158 valence electrons. The first kappa shape index (κ1) is 20.2. The summed E-state index contributed by atoms with van der Waals surface area (Å²) in [5.41, 5.74) is 5.38. The average Bonchev–Trinajstić information content (AvgIpc) is 3.33. The highest BCUT2D eigenvalue weighted by molar-refractivity contribution is 5.98. The lowest BCUT2D eigenvalue weighted by Gasteiger charge is -2.16. The molecule has 0 aliphatic carbocycles. The summed E-state index contributed by atoms with van der Waals surface area (Å²) in [7, 11) is 0. The highest BCUT2D eigenvalue weighted by atomic mass is 16.6. The fourth-order valence-electron chi connectivity index (χ4n) is 3.20. The molecule has 1 aliphatic rings. The Hall–Kier alpha value is -4.08. The summed E-state index contributed by atoms with van der Waals surface area (Å²) >= 11 is 0. The predicted molar refractivity (Wildman–Crippen MR) is 120 cm³/mol. The molecule has 2 aromatic carbocycles. The Morgan fingerprint density at radius 3 is 2.35 bits per heavy atom. The van der Waals surface area contributed by atoms with E-state index in [0.29, 0.717) is 23.5 Å². The molecule has 0 atom stereocenters. The van der Waals surface area contributed by atoms with E-state index in [1.807, 2.05) is 37.3 Å². The molecule has 0 amide bonds. The van der Waals surface area contributed by atoms with Gasteiger partial charge in [-0.1, -0.05) is 30.3 Å². The van der Waals surface area contributed by atoms with Crippen molar-refractivity contribution in [3.05, 3.63) is 70.3 Å². The quantitative estimate of drug-likeness (QED) is 0.336. The lowest BCUT2D eigenvalue weighted by molar-refractivity contribution is -0.384. The maximum atomic E-state index is 10.9. The van der Waals surface area contributed by atoms with Crippen LogP contribution in [0, 0.1) is 10.1 Å². The highest BCUT2D eigenvalue weighted by Gasteiger charge is 2.18. The van der Waals surface area contributed by atoms with Gasteiger partial charge in [0.2, 0.25) is 17.8 Å². The molecule has 1 aliphatic heterocycles. The van der Waals surface area contributed by atoms with Gasteiger partial charge in [-0.05, 0) is 37.5 Å². The number of benzene rings is 2. The molecule has 1 aromatic heterocycles. The number of rotatable bonds is 7. The van der Waals surface area contributed by atoms with Crippen LogP contribution in [0.25, 0.3) is 0 Å². The van der Waals surface area contributed by atoms with Crippen molar-refractivity contribution in [1.82, 2.24) is 15.0 Å². The standard InChI is InChI=1S/C21H22N8O2/c1-15(16-7-3-2-4-8-16)26-27-20-23-19(24-21(25-20)28-13-5-6-14-28)22-17-9-11-18(12-10-17)29(30)31/h2-4,7-12H,5-6,13-14H2,1H3,(H2,22,23,24,25,27)/b26-15-. The van der Waals surface area contributed by atoms with Crippen LogP contribution in [-0.2, 0) is 0 Å². The molecule has 4 rings (SSSR count). The first-order chi connectivity index (χ1) is 15.1. The Kier molecular flexibility index (Phi) is 5.97. The highest BCUT2D eigenvalue weighted by Crippen LogP contribution is 2.22. The van der Waals surface area contributed by atoms with Gasteiger partial charge in [0.05, 0.1) is 10.6 Å². The zero-order valence-corrected chi connectivity index (χ0v) is 17.0. The van der Waals surface area contributed by atoms with Crippen molar-refractivity contribution in [3.63, 3.8) is 0 Å². The van der Waals surface area contributed by atoms with Crippen molar-refractivity contribution >= 4 is 34.9 Å². The summed E-state index contributed by atoms with van der Waals surface area (Å²) < 4.78 is 0. The number of aromatic nitrogens is 3. The summed E-state index contributed by atoms with van der Waals surface area (Å²) in [6, 6.07) is 15.9. The van der Waals surface area contributed by atoms with E-state index in [9.17, 15) is 10.1 Å². The Labute approximate surface area is 179 Å². The SMILES string of the molecule is C/C(=N/Nc1nc(Nc2ccc([N+](=O)[O-])cc2)nc(N2CCCC2)n1)c1ccccc1. The molecule has 10 heteroatoms. The number of nitrogens with zero attached hydrogens (tertiary/aromatic N) is 6. The molecule has 0 unspecified atom stereocenters. The summed E-state index contributed by atoms with van der Waals surface area (Å²) in [4.78, 5) is 26.0. The van der Waals surface area contributed by atoms with E-state index in [-0.39, 0.29) is 5.69 Å². The molecule has 0 saturated carbocycles. The topological polar surface area (TPSA) is 121 Å². The zero-order chi connectivity index (χ0) is 21.6. The third kappa shape index (κ3) is 5.10. The monoisotopic (exact) mass is 418 g/mol. The number of anilines is 4. The number of non-ortho nitro benzene ring substituents is 1. The van der Waals surface area contributed by atoms with Crippen LogP contribution in [-0.4, -0.2) is 38.7 Å². The van der Waals surface area contributed by atoms with E-state index in [2.05, 4.69) is 35.7 Å². The number of nitro groups is 1. The van der Waals surface area contributed by atoms with E-state index in [0.717, 1.165) is 37.2 Å². The van der Waals surface area contributed by atoms with E-state index in [1.165, 1.54) is 12.1 Å². The molecular formula is C21H22N8O2. The number of hydrogen-bond acceptors (Lipinski definition) is 9. The normalized spacial score (nSPS) is 13.8. The van der Waals surface area contributed by atoms with Crippen LogP contribution in [0.1, 0.15) is 25.3 Å². The molecule has 0 bridgehead atoms. The number of hydrazone groups is 1. The first-order valence-electron chi connectivity index (χ1n) is 9.97. The van der Waals surface area contributed by atoms with Crippen LogP contribution in [0.15, 0.2) is 59.7 Å².